The molecule has 126 valence electrons. The lowest BCUT2D eigenvalue weighted by Crippen LogP contribution is -2.17. The van der Waals surface area contributed by atoms with Crippen molar-refractivity contribution in [3.63, 3.8) is 0 Å². The summed E-state index contributed by atoms with van der Waals surface area (Å²) in [6.07, 6.45) is 4.06. The van der Waals surface area contributed by atoms with Gasteiger partial charge in [0.2, 0.25) is 0 Å². The van der Waals surface area contributed by atoms with Gasteiger partial charge in [-0.25, -0.2) is 0 Å². The number of benzene rings is 2. The van der Waals surface area contributed by atoms with Gasteiger partial charge in [0.05, 0.1) is 6.61 Å². The first kappa shape index (κ1) is 17.8. The Kier molecular flexibility index (Phi) is 6.21. The van der Waals surface area contributed by atoms with Gasteiger partial charge in [-0.2, -0.15) is 0 Å². The van der Waals surface area contributed by atoms with Gasteiger partial charge in [0.1, 0.15) is 11.5 Å². The number of phenols is 1. The van der Waals surface area contributed by atoms with Crippen LogP contribution in [0.3, 0.4) is 0 Å². The van der Waals surface area contributed by atoms with E-state index in [-0.39, 0.29) is 12.0 Å². The van der Waals surface area contributed by atoms with Gasteiger partial charge in [-0.3, -0.25) is 0 Å². The first-order valence-corrected chi connectivity index (χ1v) is 8.09. The van der Waals surface area contributed by atoms with E-state index in [1.165, 1.54) is 0 Å². The SMILES string of the molecule is C=Cc1ccc(O)c(-c2cc(C=C)ccc2OC(C)OCCC)c1. The molecule has 0 amide bonds. The third kappa shape index (κ3) is 4.27. The summed E-state index contributed by atoms with van der Waals surface area (Å²) in [5, 5.41) is 10.3. The van der Waals surface area contributed by atoms with Crippen molar-refractivity contribution in [2.45, 2.75) is 26.6 Å². The van der Waals surface area contributed by atoms with Crippen molar-refractivity contribution in [3.8, 4) is 22.6 Å². The summed E-state index contributed by atoms with van der Waals surface area (Å²) < 4.78 is 11.5. The number of hydrogen-bond acceptors (Lipinski definition) is 3. The average Bonchev–Trinajstić information content (AvgIpc) is 2.61. The summed E-state index contributed by atoms with van der Waals surface area (Å²) in [5.74, 6) is 0.842. The second kappa shape index (κ2) is 8.37. The molecule has 0 bridgehead atoms. The molecule has 2 rings (SSSR count). The highest BCUT2D eigenvalue weighted by atomic mass is 16.7. The lowest BCUT2D eigenvalue weighted by Gasteiger charge is -2.19. The summed E-state index contributed by atoms with van der Waals surface area (Å²) in [6, 6.07) is 11.1. The molecule has 0 aliphatic rings. The highest BCUT2D eigenvalue weighted by Crippen LogP contribution is 2.38. The Morgan fingerprint density at radius 2 is 1.67 bits per heavy atom. The Labute approximate surface area is 143 Å². The normalized spacial score (nSPS) is 11.8. The van der Waals surface area contributed by atoms with Crippen molar-refractivity contribution >= 4 is 12.2 Å². The molecule has 0 radical (unpaired) electrons. The van der Waals surface area contributed by atoms with Gasteiger partial charge in [0.15, 0.2) is 6.29 Å². The maximum atomic E-state index is 10.3. The van der Waals surface area contributed by atoms with Crippen LogP contribution in [0.2, 0.25) is 0 Å². The zero-order valence-electron chi connectivity index (χ0n) is 14.3. The Hall–Kier alpha value is -2.52. The number of ether oxygens (including phenoxy) is 2. The molecule has 0 aliphatic carbocycles. The quantitative estimate of drug-likeness (QED) is 0.652. The number of phenolic OH excluding ortho intramolecular Hbond substituents is 1. The van der Waals surface area contributed by atoms with Crippen molar-refractivity contribution in [1.82, 2.24) is 0 Å². The minimum atomic E-state index is -0.372. The van der Waals surface area contributed by atoms with Gasteiger partial charge in [-0.15, -0.1) is 0 Å². The van der Waals surface area contributed by atoms with E-state index in [0.717, 1.165) is 23.1 Å². The molecule has 0 fully saturated rings. The molecule has 0 heterocycles. The third-order valence-corrected chi connectivity index (χ3v) is 3.64. The molecular weight excluding hydrogens is 300 g/mol. The van der Waals surface area contributed by atoms with Crippen LogP contribution in [0.4, 0.5) is 0 Å². The van der Waals surface area contributed by atoms with Crippen LogP contribution in [0, 0.1) is 0 Å². The molecule has 0 saturated heterocycles. The van der Waals surface area contributed by atoms with E-state index >= 15 is 0 Å². The highest BCUT2D eigenvalue weighted by molar-refractivity contribution is 5.79. The van der Waals surface area contributed by atoms with Crippen molar-refractivity contribution in [3.05, 3.63) is 60.7 Å². The van der Waals surface area contributed by atoms with E-state index in [1.807, 2.05) is 37.3 Å². The average molecular weight is 324 g/mol. The molecular formula is C21H24O3. The molecule has 1 unspecified atom stereocenters. The Bertz CT molecular complexity index is 719. The van der Waals surface area contributed by atoms with E-state index in [1.54, 1.807) is 18.2 Å². The second-order valence-electron chi connectivity index (χ2n) is 5.50. The number of rotatable bonds is 8. The molecule has 3 nitrogen and oxygen atoms in total. The first-order valence-electron chi connectivity index (χ1n) is 8.09. The predicted molar refractivity (Wildman–Crippen MR) is 100 cm³/mol. The molecule has 1 atom stereocenters. The van der Waals surface area contributed by atoms with E-state index < -0.39 is 0 Å². The van der Waals surface area contributed by atoms with Crippen LogP contribution in [0.15, 0.2) is 49.6 Å². The summed E-state index contributed by atoms with van der Waals surface area (Å²) >= 11 is 0. The molecule has 0 aromatic heterocycles. The summed E-state index contributed by atoms with van der Waals surface area (Å²) in [4.78, 5) is 0. The standard InChI is InChI=1S/C21H24O3/c1-5-12-23-15(4)24-21-11-9-17(7-3)14-19(21)18-13-16(6-2)8-10-20(18)22/h6-11,13-15,22H,2-3,5,12H2,1,4H3. The van der Waals surface area contributed by atoms with E-state index in [0.29, 0.717) is 17.9 Å². The third-order valence-electron chi connectivity index (χ3n) is 3.64. The Balaban J connectivity index is 2.46. The van der Waals surface area contributed by atoms with Crippen LogP contribution in [0.1, 0.15) is 31.4 Å². The smallest absolute Gasteiger partial charge is 0.197 e. The molecule has 1 N–H and O–H groups in total. The zero-order valence-corrected chi connectivity index (χ0v) is 14.3. The summed E-state index contributed by atoms with van der Waals surface area (Å²) in [6.45, 7) is 12.1. The highest BCUT2D eigenvalue weighted by Gasteiger charge is 2.14. The van der Waals surface area contributed by atoms with Crippen molar-refractivity contribution in [2.75, 3.05) is 6.61 Å². The fourth-order valence-electron chi connectivity index (χ4n) is 2.38. The zero-order chi connectivity index (χ0) is 17.5. The van der Waals surface area contributed by atoms with E-state index in [4.69, 9.17) is 9.47 Å². The van der Waals surface area contributed by atoms with Crippen LogP contribution in [-0.2, 0) is 4.74 Å². The van der Waals surface area contributed by atoms with Crippen LogP contribution in [0.5, 0.6) is 11.5 Å². The Morgan fingerprint density at radius 3 is 2.29 bits per heavy atom. The molecule has 0 spiro atoms. The van der Waals surface area contributed by atoms with Crippen LogP contribution in [-0.4, -0.2) is 18.0 Å². The van der Waals surface area contributed by atoms with Gasteiger partial charge in [-0.05, 0) is 48.7 Å². The lowest BCUT2D eigenvalue weighted by molar-refractivity contribution is -0.0660. The predicted octanol–water partition coefficient (Wildman–Crippen LogP) is 5.50. The molecule has 24 heavy (non-hydrogen) atoms. The van der Waals surface area contributed by atoms with E-state index in [2.05, 4.69) is 20.1 Å². The fraction of sp³-hybridized carbons (Fsp3) is 0.238. The van der Waals surface area contributed by atoms with Crippen LogP contribution >= 0.6 is 0 Å². The van der Waals surface area contributed by atoms with E-state index in [9.17, 15) is 5.11 Å². The van der Waals surface area contributed by atoms with Crippen molar-refractivity contribution in [1.29, 1.82) is 0 Å². The minimum Gasteiger partial charge on any atom is -0.507 e. The number of hydrogen-bond donors (Lipinski definition) is 1. The van der Waals surface area contributed by atoms with Gasteiger partial charge in [0, 0.05) is 11.1 Å². The van der Waals surface area contributed by atoms with Crippen molar-refractivity contribution in [2.24, 2.45) is 0 Å². The maximum absolute atomic E-state index is 10.3. The molecule has 2 aromatic rings. The Morgan fingerprint density at radius 1 is 1.04 bits per heavy atom. The monoisotopic (exact) mass is 324 g/mol. The lowest BCUT2D eigenvalue weighted by atomic mass is 9.99. The molecule has 0 aliphatic heterocycles. The minimum absolute atomic E-state index is 0.189. The molecule has 2 aromatic carbocycles. The maximum Gasteiger partial charge on any atom is 0.197 e. The number of aromatic hydroxyl groups is 1. The van der Waals surface area contributed by atoms with Crippen LogP contribution in [0.25, 0.3) is 23.3 Å². The fourth-order valence-corrected chi connectivity index (χ4v) is 2.38. The summed E-state index contributed by atoms with van der Waals surface area (Å²) in [7, 11) is 0. The van der Waals surface area contributed by atoms with Crippen LogP contribution < -0.4 is 4.74 Å². The molecule has 3 heteroatoms. The summed E-state index contributed by atoms with van der Waals surface area (Å²) in [5.41, 5.74) is 3.35. The second-order valence-corrected chi connectivity index (χ2v) is 5.50. The topological polar surface area (TPSA) is 38.7 Å². The van der Waals surface area contributed by atoms with Gasteiger partial charge in [0.25, 0.3) is 0 Å². The van der Waals surface area contributed by atoms with Crippen molar-refractivity contribution < 1.29 is 14.6 Å². The van der Waals surface area contributed by atoms with Gasteiger partial charge < -0.3 is 14.6 Å². The molecule has 0 saturated carbocycles. The largest absolute Gasteiger partial charge is 0.507 e. The van der Waals surface area contributed by atoms with Gasteiger partial charge >= 0.3 is 0 Å². The van der Waals surface area contributed by atoms with Gasteiger partial charge in [-0.1, -0.05) is 44.4 Å². The first-order chi connectivity index (χ1) is 11.6.